The van der Waals surface area contributed by atoms with Crippen LogP contribution in [0.1, 0.15) is 31.6 Å². The van der Waals surface area contributed by atoms with Crippen molar-refractivity contribution in [2.45, 2.75) is 26.0 Å². The fourth-order valence-electron chi connectivity index (χ4n) is 2.18. The summed E-state index contributed by atoms with van der Waals surface area (Å²) < 4.78 is 6.18. The second-order valence-corrected chi connectivity index (χ2v) is 5.88. The van der Waals surface area contributed by atoms with Gasteiger partial charge in [0.15, 0.2) is 0 Å². The molecule has 21 heavy (non-hydrogen) atoms. The van der Waals surface area contributed by atoms with Gasteiger partial charge in [0.2, 0.25) is 0 Å². The molecule has 1 aromatic carbocycles. The van der Waals surface area contributed by atoms with Gasteiger partial charge >= 0.3 is 5.97 Å². The Balaban J connectivity index is 2.95. The standard InChI is InChI=1S/C17H26NO3/c1-14(2)17(20)21-16(15-10-6-5-7-11-15)18(3,4)12-8-9-13-19/h5-7,10-11,16,19H,1,8-9,12-13H2,2-4H3/q+1. The van der Waals surface area contributed by atoms with Crippen LogP contribution in [0.2, 0.25) is 0 Å². The topological polar surface area (TPSA) is 46.5 Å². The zero-order valence-electron chi connectivity index (χ0n) is 13.2. The van der Waals surface area contributed by atoms with E-state index in [1.54, 1.807) is 6.92 Å². The number of unbranched alkanes of at least 4 members (excludes halogenated alkanes) is 1. The van der Waals surface area contributed by atoms with E-state index in [2.05, 4.69) is 6.58 Å². The van der Waals surface area contributed by atoms with E-state index in [0.29, 0.717) is 10.1 Å². The van der Waals surface area contributed by atoms with Gasteiger partial charge in [-0.05, 0) is 31.9 Å². The maximum Gasteiger partial charge on any atom is 0.337 e. The number of ether oxygens (including phenoxy) is 1. The predicted molar refractivity (Wildman–Crippen MR) is 83.4 cm³/mol. The van der Waals surface area contributed by atoms with Crippen molar-refractivity contribution in [3.05, 3.63) is 48.0 Å². The lowest BCUT2D eigenvalue weighted by atomic mass is 10.1. The first-order valence-electron chi connectivity index (χ1n) is 7.23. The van der Waals surface area contributed by atoms with Crippen molar-refractivity contribution in [3.63, 3.8) is 0 Å². The first-order chi connectivity index (χ1) is 9.88. The average molecular weight is 292 g/mol. The van der Waals surface area contributed by atoms with Gasteiger partial charge in [-0.2, -0.15) is 0 Å². The fourth-order valence-corrected chi connectivity index (χ4v) is 2.18. The van der Waals surface area contributed by atoms with Gasteiger partial charge in [-0.3, -0.25) is 4.48 Å². The largest absolute Gasteiger partial charge is 0.404 e. The van der Waals surface area contributed by atoms with E-state index in [1.165, 1.54) is 0 Å². The van der Waals surface area contributed by atoms with E-state index >= 15 is 0 Å². The molecule has 0 amide bonds. The molecular formula is C17H26NO3+. The minimum absolute atomic E-state index is 0.182. The van der Waals surface area contributed by atoms with Crippen LogP contribution in [0.15, 0.2) is 42.5 Å². The number of benzene rings is 1. The number of carbonyl (C=O) groups is 1. The Labute approximate surface area is 127 Å². The first-order valence-corrected chi connectivity index (χ1v) is 7.23. The number of nitrogens with zero attached hydrogens (tertiary/aromatic N) is 1. The van der Waals surface area contributed by atoms with Gasteiger partial charge in [-0.25, -0.2) is 4.79 Å². The summed E-state index contributed by atoms with van der Waals surface area (Å²) in [6.07, 6.45) is 1.24. The number of carbonyl (C=O) groups excluding carboxylic acids is 1. The van der Waals surface area contributed by atoms with Crippen molar-refractivity contribution < 1.29 is 19.1 Å². The highest BCUT2D eigenvalue weighted by molar-refractivity contribution is 5.87. The van der Waals surface area contributed by atoms with Crippen LogP contribution in [-0.2, 0) is 9.53 Å². The molecular weight excluding hydrogens is 266 g/mol. The van der Waals surface area contributed by atoms with Crippen LogP contribution < -0.4 is 0 Å². The second kappa shape index (κ2) is 7.96. The predicted octanol–water partition coefficient (Wildman–Crippen LogP) is 2.65. The van der Waals surface area contributed by atoms with Crippen LogP contribution >= 0.6 is 0 Å². The van der Waals surface area contributed by atoms with Gasteiger partial charge < -0.3 is 9.84 Å². The summed E-state index contributed by atoms with van der Waals surface area (Å²) in [6, 6.07) is 9.73. The lowest BCUT2D eigenvalue weighted by molar-refractivity contribution is -0.942. The quantitative estimate of drug-likeness (QED) is 0.263. The molecule has 116 valence electrons. The Morgan fingerprint density at radius 2 is 1.90 bits per heavy atom. The van der Waals surface area contributed by atoms with Crippen molar-refractivity contribution in [3.8, 4) is 0 Å². The van der Waals surface area contributed by atoms with Crippen molar-refractivity contribution in [2.24, 2.45) is 0 Å². The summed E-state index contributed by atoms with van der Waals surface area (Å²) in [6.45, 7) is 6.28. The smallest absolute Gasteiger partial charge is 0.337 e. The molecule has 0 bridgehead atoms. The molecule has 0 radical (unpaired) electrons. The molecule has 0 heterocycles. The highest BCUT2D eigenvalue weighted by Crippen LogP contribution is 2.27. The van der Waals surface area contributed by atoms with E-state index in [4.69, 9.17) is 9.84 Å². The molecule has 0 fully saturated rings. The number of aliphatic hydroxyl groups is 1. The van der Waals surface area contributed by atoms with Crippen molar-refractivity contribution in [2.75, 3.05) is 27.2 Å². The number of esters is 1. The van der Waals surface area contributed by atoms with Crippen LogP contribution in [0, 0.1) is 0 Å². The Kier molecular flexibility index (Phi) is 6.59. The lowest BCUT2D eigenvalue weighted by Crippen LogP contribution is -2.46. The molecule has 0 aliphatic heterocycles. The van der Waals surface area contributed by atoms with E-state index in [-0.39, 0.29) is 18.8 Å². The number of hydrogen-bond acceptors (Lipinski definition) is 3. The molecule has 0 aliphatic carbocycles. The number of hydrogen-bond donors (Lipinski definition) is 1. The monoisotopic (exact) mass is 292 g/mol. The zero-order valence-corrected chi connectivity index (χ0v) is 13.2. The fraction of sp³-hybridized carbons (Fsp3) is 0.471. The van der Waals surface area contributed by atoms with E-state index < -0.39 is 0 Å². The molecule has 1 atom stereocenters. The van der Waals surface area contributed by atoms with Crippen molar-refractivity contribution in [1.29, 1.82) is 0 Å². The molecule has 1 N–H and O–H groups in total. The van der Waals surface area contributed by atoms with E-state index in [9.17, 15) is 4.79 Å². The lowest BCUT2D eigenvalue weighted by Gasteiger charge is -2.37. The second-order valence-electron chi connectivity index (χ2n) is 5.88. The minimum Gasteiger partial charge on any atom is -0.404 e. The highest BCUT2D eigenvalue weighted by Gasteiger charge is 2.33. The van der Waals surface area contributed by atoms with Gasteiger partial charge in [0.25, 0.3) is 6.23 Å². The summed E-state index contributed by atoms with van der Waals surface area (Å²) >= 11 is 0. The van der Waals surface area contributed by atoms with Gasteiger partial charge in [0, 0.05) is 12.2 Å². The summed E-state index contributed by atoms with van der Waals surface area (Å²) in [4.78, 5) is 11.9. The van der Waals surface area contributed by atoms with Crippen LogP contribution in [0.3, 0.4) is 0 Å². The Morgan fingerprint density at radius 3 is 2.43 bits per heavy atom. The molecule has 1 aromatic rings. The molecule has 1 rings (SSSR count). The molecule has 4 nitrogen and oxygen atoms in total. The third-order valence-electron chi connectivity index (χ3n) is 3.43. The number of aliphatic hydroxyl groups excluding tert-OH is 1. The van der Waals surface area contributed by atoms with E-state index in [0.717, 1.165) is 24.9 Å². The van der Waals surface area contributed by atoms with Crippen LogP contribution in [0.25, 0.3) is 0 Å². The van der Waals surface area contributed by atoms with Crippen LogP contribution in [0.5, 0.6) is 0 Å². The molecule has 0 saturated heterocycles. The third kappa shape index (κ3) is 5.33. The Hall–Kier alpha value is -1.65. The maximum absolute atomic E-state index is 11.9. The van der Waals surface area contributed by atoms with Gasteiger partial charge in [0.05, 0.1) is 26.2 Å². The first kappa shape index (κ1) is 17.4. The Morgan fingerprint density at radius 1 is 1.29 bits per heavy atom. The summed E-state index contributed by atoms with van der Waals surface area (Å²) in [7, 11) is 4.06. The summed E-state index contributed by atoms with van der Waals surface area (Å²) in [5.41, 5.74) is 1.35. The zero-order chi connectivity index (χ0) is 15.9. The number of quaternary nitrogens is 1. The molecule has 0 aliphatic rings. The average Bonchev–Trinajstić information content (AvgIpc) is 2.45. The Bertz CT molecular complexity index is 468. The van der Waals surface area contributed by atoms with Crippen molar-refractivity contribution in [1.82, 2.24) is 0 Å². The SMILES string of the molecule is C=C(C)C(=O)OC(c1ccccc1)[N+](C)(C)CCCCO. The molecule has 0 spiro atoms. The summed E-state index contributed by atoms with van der Waals surface area (Å²) in [5, 5.41) is 8.93. The third-order valence-corrected chi connectivity index (χ3v) is 3.43. The molecule has 1 unspecified atom stereocenters. The molecule has 0 saturated carbocycles. The van der Waals surface area contributed by atoms with E-state index in [1.807, 2.05) is 44.4 Å². The van der Waals surface area contributed by atoms with Gasteiger partial charge in [-0.15, -0.1) is 0 Å². The summed E-state index contributed by atoms with van der Waals surface area (Å²) in [5.74, 6) is -0.378. The normalized spacial score (nSPS) is 12.8. The van der Waals surface area contributed by atoms with Crippen LogP contribution in [-0.4, -0.2) is 42.8 Å². The molecule has 0 aromatic heterocycles. The van der Waals surface area contributed by atoms with Crippen molar-refractivity contribution >= 4 is 5.97 Å². The highest BCUT2D eigenvalue weighted by atomic mass is 16.6. The van der Waals surface area contributed by atoms with Crippen LogP contribution in [0.4, 0.5) is 0 Å². The minimum atomic E-state index is -0.380. The van der Waals surface area contributed by atoms with Gasteiger partial charge in [0.1, 0.15) is 0 Å². The number of rotatable bonds is 8. The van der Waals surface area contributed by atoms with Gasteiger partial charge in [-0.1, -0.05) is 24.8 Å². The molecule has 4 heteroatoms. The maximum atomic E-state index is 11.9.